The van der Waals surface area contributed by atoms with Crippen molar-refractivity contribution in [3.8, 4) is 11.1 Å². The largest absolute Gasteiger partial charge is 0.465 e. The topological polar surface area (TPSA) is 72.5 Å². The standard InChI is InChI=1S/C38H36F3NO4/c1-2-46-36(45)37(27-12-4-3-5-13-27)24-23-31(30-15-8-9-17-33(30)37)34(43)18-10-11-25-42-35(44)32-16-7-6-14-29(32)26-19-21-28(22-20-26)38(39,40)41/h3-9,12-17,19-22,31H,2,10-11,18,23-25H2,1H3,(H,42,44)/t31-,37+/m1/s1. The molecule has 0 spiro atoms. The normalized spacial score (nSPS) is 17.5. The predicted octanol–water partition coefficient (Wildman–Crippen LogP) is 8.27. The Morgan fingerprint density at radius 3 is 2.24 bits per heavy atom. The van der Waals surface area contributed by atoms with Gasteiger partial charge >= 0.3 is 12.1 Å². The highest BCUT2D eigenvalue weighted by atomic mass is 19.4. The third kappa shape index (κ3) is 6.76. The van der Waals surface area contributed by atoms with Crippen molar-refractivity contribution in [2.24, 2.45) is 0 Å². The lowest BCUT2D eigenvalue weighted by molar-refractivity contribution is -0.149. The zero-order valence-corrected chi connectivity index (χ0v) is 25.6. The van der Waals surface area contributed by atoms with E-state index in [1.54, 1.807) is 31.2 Å². The summed E-state index contributed by atoms with van der Waals surface area (Å²) in [6, 6.07) is 28.7. The van der Waals surface area contributed by atoms with E-state index in [1.165, 1.54) is 12.1 Å². The number of halogens is 3. The van der Waals surface area contributed by atoms with Crippen LogP contribution in [0.25, 0.3) is 11.1 Å². The van der Waals surface area contributed by atoms with E-state index in [0.29, 0.717) is 55.3 Å². The Morgan fingerprint density at radius 1 is 0.848 bits per heavy atom. The van der Waals surface area contributed by atoms with E-state index in [9.17, 15) is 27.6 Å². The Balaban J connectivity index is 1.21. The molecule has 8 heteroatoms. The van der Waals surface area contributed by atoms with Gasteiger partial charge in [0.2, 0.25) is 0 Å². The molecule has 1 aliphatic rings. The van der Waals surface area contributed by atoms with E-state index >= 15 is 0 Å². The van der Waals surface area contributed by atoms with Crippen LogP contribution >= 0.6 is 0 Å². The van der Waals surface area contributed by atoms with Crippen molar-refractivity contribution in [1.82, 2.24) is 5.32 Å². The average molecular weight is 628 g/mol. The highest BCUT2D eigenvalue weighted by Crippen LogP contribution is 2.48. The molecule has 0 fully saturated rings. The van der Waals surface area contributed by atoms with E-state index in [-0.39, 0.29) is 30.2 Å². The number of alkyl halides is 3. The molecule has 0 heterocycles. The Hall–Kier alpha value is -4.72. The fourth-order valence-corrected chi connectivity index (χ4v) is 6.45. The molecule has 0 unspecified atom stereocenters. The molecule has 0 aliphatic heterocycles. The zero-order chi connectivity index (χ0) is 32.7. The second-order valence-electron chi connectivity index (χ2n) is 11.5. The second-order valence-corrected chi connectivity index (χ2v) is 11.5. The quantitative estimate of drug-likeness (QED) is 0.134. The summed E-state index contributed by atoms with van der Waals surface area (Å²) in [6.45, 7) is 2.39. The number of rotatable bonds is 11. The number of hydrogen-bond acceptors (Lipinski definition) is 4. The molecule has 5 nitrogen and oxygen atoms in total. The Kier molecular flexibility index (Phi) is 10.0. The Morgan fingerprint density at radius 2 is 1.52 bits per heavy atom. The number of unbranched alkanes of at least 4 members (excludes halogenated alkanes) is 1. The van der Waals surface area contributed by atoms with Crippen molar-refractivity contribution in [2.75, 3.05) is 13.2 Å². The van der Waals surface area contributed by atoms with Crippen LogP contribution in [0.2, 0.25) is 0 Å². The summed E-state index contributed by atoms with van der Waals surface area (Å²) in [5, 5.41) is 2.89. The molecule has 238 valence electrons. The summed E-state index contributed by atoms with van der Waals surface area (Å²) in [5.74, 6) is -0.890. The number of ether oxygens (including phenoxy) is 1. The number of Topliss-reactive ketones (excluding diaryl/α,β-unsaturated/α-hetero) is 1. The van der Waals surface area contributed by atoms with Gasteiger partial charge in [-0.1, -0.05) is 84.9 Å². The Bertz CT molecular complexity index is 1680. The van der Waals surface area contributed by atoms with Gasteiger partial charge in [0.25, 0.3) is 5.91 Å². The number of benzene rings is 4. The lowest BCUT2D eigenvalue weighted by Gasteiger charge is -2.40. The summed E-state index contributed by atoms with van der Waals surface area (Å²) in [6.07, 6.45) is -1.99. The van der Waals surface area contributed by atoms with Gasteiger partial charge in [0, 0.05) is 24.4 Å². The number of esters is 1. The number of fused-ring (bicyclic) bond motifs is 1. The molecule has 0 aromatic heterocycles. The van der Waals surface area contributed by atoms with Crippen LogP contribution in [-0.4, -0.2) is 30.8 Å². The van der Waals surface area contributed by atoms with Crippen LogP contribution in [0.5, 0.6) is 0 Å². The van der Waals surface area contributed by atoms with Gasteiger partial charge in [-0.25, -0.2) is 0 Å². The van der Waals surface area contributed by atoms with E-state index in [1.807, 2.05) is 54.6 Å². The molecule has 0 saturated carbocycles. The molecule has 0 saturated heterocycles. The van der Waals surface area contributed by atoms with Crippen molar-refractivity contribution in [2.45, 2.75) is 56.5 Å². The first-order valence-electron chi connectivity index (χ1n) is 15.6. The summed E-state index contributed by atoms with van der Waals surface area (Å²) >= 11 is 0. The van der Waals surface area contributed by atoms with Gasteiger partial charge in [0.15, 0.2) is 0 Å². The van der Waals surface area contributed by atoms with Crippen LogP contribution < -0.4 is 5.32 Å². The highest BCUT2D eigenvalue weighted by Gasteiger charge is 2.49. The number of nitrogens with one attached hydrogen (secondary N) is 1. The molecule has 0 radical (unpaired) electrons. The number of amides is 1. The van der Waals surface area contributed by atoms with Crippen molar-refractivity contribution in [1.29, 1.82) is 0 Å². The summed E-state index contributed by atoms with van der Waals surface area (Å²) in [4.78, 5) is 40.1. The van der Waals surface area contributed by atoms with E-state index in [0.717, 1.165) is 28.8 Å². The van der Waals surface area contributed by atoms with Crippen LogP contribution in [0, 0.1) is 0 Å². The third-order valence-corrected chi connectivity index (χ3v) is 8.71. The van der Waals surface area contributed by atoms with E-state index < -0.39 is 17.2 Å². The highest BCUT2D eigenvalue weighted by molar-refractivity contribution is 6.01. The third-order valence-electron chi connectivity index (χ3n) is 8.71. The van der Waals surface area contributed by atoms with Gasteiger partial charge < -0.3 is 10.1 Å². The molecule has 4 aromatic rings. The van der Waals surface area contributed by atoms with Crippen molar-refractivity contribution in [3.63, 3.8) is 0 Å². The van der Waals surface area contributed by atoms with Crippen LogP contribution in [-0.2, 0) is 25.9 Å². The van der Waals surface area contributed by atoms with Gasteiger partial charge in [0.1, 0.15) is 11.2 Å². The van der Waals surface area contributed by atoms with Crippen LogP contribution in [0.15, 0.2) is 103 Å². The van der Waals surface area contributed by atoms with Crippen molar-refractivity contribution < 1.29 is 32.3 Å². The Labute approximate surface area is 266 Å². The van der Waals surface area contributed by atoms with Crippen molar-refractivity contribution >= 4 is 17.7 Å². The molecule has 4 aromatic carbocycles. The lowest BCUT2D eigenvalue weighted by Crippen LogP contribution is -2.43. The number of hydrogen-bond donors (Lipinski definition) is 1. The monoisotopic (exact) mass is 627 g/mol. The SMILES string of the molecule is CCOC(=O)[C@]1(c2ccccc2)CC[C@@H](C(=O)CCCCNC(=O)c2ccccc2-c2ccc(C(F)(F)F)cc2)c2ccccc21. The first-order chi connectivity index (χ1) is 22.2. The molecule has 5 rings (SSSR count). The minimum atomic E-state index is -4.44. The lowest BCUT2D eigenvalue weighted by atomic mass is 9.62. The molecule has 0 bridgehead atoms. The van der Waals surface area contributed by atoms with Gasteiger partial charge in [-0.2, -0.15) is 13.2 Å². The molecule has 1 aliphatic carbocycles. The summed E-state index contributed by atoms with van der Waals surface area (Å²) in [5.41, 5.74) is 2.19. The van der Waals surface area contributed by atoms with E-state index in [2.05, 4.69) is 5.32 Å². The zero-order valence-electron chi connectivity index (χ0n) is 25.6. The van der Waals surface area contributed by atoms with Gasteiger partial charge in [-0.15, -0.1) is 0 Å². The molecule has 1 N–H and O–H groups in total. The van der Waals surface area contributed by atoms with Crippen LogP contribution in [0.4, 0.5) is 13.2 Å². The maximum atomic E-state index is 13.5. The molecule has 2 atom stereocenters. The smallest absolute Gasteiger partial charge is 0.416 e. The molecular formula is C38H36F3NO4. The maximum absolute atomic E-state index is 13.5. The van der Waals surface area contributed by atoms with Gasteiger partial charge in [-0.05, 0) is 78.6 Å². The predicted molar refractivity (Wildman–Crippen MR) is 170 cm³/mol. The van der Waals surface area contributed by atoms with Gasteiger partial charge in [0.05, 0.1) is 12.2 Å². The summed E-state index contributed by atoms with van der Waals surface area (Å²) < 4.78 is 44.6. The minimum Gasteiger partial charge on any atom is -0.465 e. The summed E-state index contributed by atoms with van der Waals surface area (Å²) in [7, 11) is 0. The average Bonchev–Trinajstić information content (AvgIpc) is 3.07. The van der Waals surface area contributed by atoms with Crippen LogP contribution in [0.3, 0.4) is 0 Å². The van der Waals surface area contributed by atoms with E-state index in [4.69, 9.17) is 4.74 Å². The first-order valence-corrected chi connectivity index (χ1v) is 15.6. The van der Waals surface area contributed by atoms with Crippen LogP contribution in [0.1, 0.15) is 77.6 Å². The molecular weight excluding hydrogens is 591 g/mol. The minimum absolute atomic E-state index is 0.0944. The number of ketones is 1. The second kappa shape index (κ2) is 14.1. The van der Waals surface area contributed by atoms with Gasteiger partial charge in [-0.3, -0.25) is 14.4 Å². The molecule has 1 amide bonds. The molecule has 46 heavy (non-hydrogen) atoms. The first kappa shape index (κ1) is 32.7. The number of carbonyl (C=O) groups is 3. The van der Waals surface area contributed by atoms with Crippen molar-refractivity contribution in [3.05, 3.63) is 131 Å². The fraction of sp³-hybridized carbons (Fsp3) is 0.289. The fourth-order valence-electron chi connectivity index (χ4n) is 6.45. The maximum Gasteiger partial charge on any atom is 0.416 e. The number of carbonyl (C=O) groups excluding carboxylic acids is 3.